The second kappa shape index (κ2) is 13.1. The van der Waals surface area contributed by atoms with Crippen molar-refractivity contribution in [2.45, 2.75) is 65.2 Å². The number of nitro groups is 1. The number of hydrogen-bond acceptors (Lipinski definition) is 7. The number of amides is 1. The normalized spacial score (nSPS) is 15.4. The van der Waals surface area contributed by atoms with Crippen molar-refractivity contribution in [1.82, 2.24) is 10.2 Å². The van der Waals surface area contributed by atoms with E-state index in [9.17, 15) is 19.7 Å². The van der Waals surface area contributed by atoms with Crippen LogP contribution < -0.4 is 5.32 Å². The lowest BCUT2D eigenvalue weighted by Crippen LogP contribution is -2.37. The average molecular weight is 469 g/mol. The molecule has 1 N–H and O–H groups in total. The molecule has 1 aliphatic rings. The van der Waals surface area contributed by atoms with Gasteiger partial charge in [0.1, 0.15) is 6.61 Å². The maximum absolute atomic E-state index is 13.3. The largest absolute Gasteiger partial charge is 0.461 e. The molecule has 2 rings (SSSR count). The fourth-order valence-electron chi connectivity index (χ4n) is 4.08. The molecule has 0 spiro atoms. The van der Waals surface area contributed by atoms with Crippen molar-refractivity contribution < 1.29 is 19.2 Å². The molecule has 0 saturated carbocycles. The zero-order chi connectivity index (χ0) is 25.1. The summed E-state index contributed by atoms with van der Waals surface area (Å²) < 4.78 is 5.44. The van der Waals surface area contributed by atoms with E-state index in [2.05, 4.69) is 12.2 Å². The smallest absolute Gasteiger partial charge is 0.336 e. The van der Waals surface area contributed by atoms with Crippen LogP contribution >= 0.6 is 0 Å². The highest BCUT2D eigenvalue weighted by Gasteiger charge is 2.38. The Labute approximate surface area is 200 Å². The number of carbonyl (C=O) groups excluding carboxylic acids is 2. The Morgan fingerprint density at radius 2 is 1.94 bits per heavy atom. The Morgan fingerprint density at radius 1 is 1.24 bits per heavy atom. The third-order valence-corrected chi connectivity index (χ3v) is 5.76. The Bertz CT molecular complexity index is 992. The minimum absolute atomic E-state index is 0.0427. The molecule has 1 heterocycles. The molecule has 1 aliphatic heterocycles. The van der Waals surface area contributed by atoms with Gasteiger partial charge in [0.15, 0.2) is 0 Å². The van der Waals surface area contributed by atoms with E-state index in [1.807, 2.05) is 19.9 Å². The molecule has 9 heteroatoms. The lowest BCUT2D eigenvalue weighted by atomic mass is 9.81. The number of dihydropyridines is 1. The topological polar surface area (TPSA) is 126 Å². The van der Waals surface area contributed by atoms with Gasteiger partial charge in [-0.25, -0.2) is 4.79 Å². The first kappa shape index (κ1) is 26.6. The van der Waals surface area contributed by atoms with Gasteiger partial charge < -0.3 is 15.0 Å². The van der Waals surface area contributed by atoms with E-state index in [-0.39, 0.29) is 18.7 Å². The van der Waals surface area contributed by atoms with Gasteiger partial charge in [0.05, 0.1) is 34.6 Å². The first-order chi connectivity index (χ1) is 16.4. The average Bonchev–Trinajstić information content (AvgIpc) is 2.85. The van der Waals surface area contributed by atoms with Crippen molar-refractivity contribution in [2.75, 3.05) is 13.2 Å². The van der Waals surface area contributed by atoms with Crippen LogP contribution in [0.5, 0.6) is 0 Å². The first-order valence-electron chi connectivity index (χ1n) is 11.7. The molecule has 0 aromatic heterocycles. The summed E-state index contributed by atoms with van der Waals surface area (Å²) >= 11 is 0. The Morgan fingerprint density at radius 3 is 2.47 bits per heavy atom. The molecule has 0 bridgehead atoms. The molecule has 1 unspecified atom stereocenters. The summed E-state index contributed by atoms with van der Waals surface area (Å²) in [5.74, 6) is -1.21. The molecule has 0 radical (unpaired) electrons. The molecule has 1 amide bonds. The summed E-state index contributed by atoms with van der Waals surface area (Å²) in [7, 11) is 0. The lowest BCUT2D eigenvalue weighted by Gasteiger charge is -2.37. The van der Waals surface area contributed by atoms with Gasteiger partial charge in [-0.2, -0.15) is 5.26 Å². The quantitative estimate of drug-likeness (QED) is 0.146. The molecule has 1 aromatic carbocycles. The van der Waals surface area contributed by atoms with Crippen LogP contribution in [0, 0.1) is 21.4 Å². The molecule has 1 atom stereocenters. The minimum atomic E-state index is -0.645. The second-order valence-electron chi connectivity index (χ2n) is 7.91. The van der Waals surface area contributed by atoms with Gasteiger partial charge in [-0.1, -0.05) is 38.8 Å². The molecule has 0 fully saturated rings. The van der Waals surface area contributed by atoms with Crippen LogP contribution in [0.4, 0.5) is 5.69 Å². The Kier molecular flexibility index (Phi) is 10.3. The standard InChI is InChI=1S/C25H32N4O5/c1-4-7-8-10-21-23(25(31)34-16-9-15-26)22(18-11-13-19(14-12-18)29(32)33)24(20(5-2)27-21)28(6-3)17-30/h11-14,17,22,27H,4-10,16H2,1-3H3. The second-order valence-corrected chi connectivity index (χ2v) is 7.91. The van der Waals surface area contributed by atoms with Gasteiger partial charge in [0, 0.05) is 30.1 Å². The number of ether oxygens (including phenoxy) is 1. The first-order valence-corrected chi connectivity index (χ1v) is 11.7. The van der Waals surface area contributed by atoms with Crippen LogP contribution in [0.15, 0.2) is 46.9 Å². The molecule has 182 valence electrons. The molecule has 1 aromatic rings. The Hall–Kier alpha value is -3.67. The van der Waals surface area contributed by atoms with Crippen LogP contribution in [0.2, 0.25) is 0 Å². The van der Waals surface area contributed by atoms with E-state index in [1.54, 1.807) is 17.0 Å². The highest BCUT2D eigenvalue weighted by Crippen LogP contribution is 2.42. The number of likely N-dealkylation sites (N-methyl/N-ethyl adjacent to an activating group) is 1. The van der Waals surface area contributed by atoms with E-state index in [0.29, 0.717) is 36.2 Å². The van der Waals surface area contributed by atoms with Gasteiger partial charge in [0.25, 0.3) is 5.69 Å². The molecular weight excluding hydrogens is 436 g/mol. The maximum Gasteiger partial charge on any atom is 0.336 e. The summed E-state index contributed by atoms with van der Waals surface area (Å²) in [5, 5.41) is 23.4. The third-order valence-electron chi connectivity index (χ3n) is 5.76. The van der Waals surface area contributed by atoms with E-state index in [1.165, 1.54) is 12.1 Å². The van der Waals surface area contributed by atoms with E-state index < -0.39 is 16.8 Å². The number of carbonyl (C=O) groups is 2. The van der Waals surface area contributed by atoms with E-state index >= 15 is 0 Å². The number of non-ortho nitro benzene ring substituents is 1. The summed E-state index contributed by atoms with van der Waals surface area (Å²) in [4.78, 5) is 37.6. The SMILES string of the molecule is CCCCCC1=C(C(=O)OCCC#N)C(c2ccc([N+](=O)[O-])cc2)C(N(C=O)CC)=C(CC)N1. The zero-order valence-corrected chi connectivity index (χ0v) is 20.0. The number of rotatable bonds is 13. The van der Waals surface area contributed by atoms with Crippen molar-refractivity contribution in [3.63, 3.8) is 0 Å². The van der Waals surface area contributed by atoms with Gasteiger partial charge in [-0.3, -0.25) is 14.9 Å². The fourth-order valence-corrected chi connectivity index (χ4v) is 4.08. The highest BCUT2D eigenvalue weighted by molar-refractivity contribution is 5.93. The number of nitriles is 1. The highest BCUT2D eigenvalue weighted by atomic mass is 16.6. The molecule has 9 nitrogen and oxygen atoms in total. The lowest BCUT2D eigenvalue weighted by molar-refractivity contribution is -0.384. The molecule has 0 aliphatic carbocycles. The fraction of sp³-hybridized carbons (Fsp3) is 0.480. The zero-order valence-electron chi connectivity index (χ0n) is 20.0. The van der Waals surface area contributed by atoms with Crippen LogP contribution in [0.25, 0.3) is 0 Å². The molecule has 0 saturated heterocycles. The van der Waals surface area contributed by atoms with Crippen LogP contribution in [-0.2, 0) is 14.3 Å². The minimum Gasteiger partial charge on any atom is -0.461 e. The number of nitrogens with zero attached hydrogens (tertiary/aromatic N) is 3. The number of hydrogen-bond donors (Lipinski definition) is 1. The number of nitrogens with one attached hydrogen (secondary N) is 1. The number of allylic oxidation sites excluding steroid dienone is 3. The number of nitro benzene ring substituents is 1. The number of unbranched alkanes of at least 4 members (excludes halogenated alkanes) is 2. The van der Waals surface area contributed by atoms with Crippen molar-refractivity contribution in [3.8, 4) is 6.07 Å². The van der Waals surface area contributed by atoms with Crippen molar-refractivity contribution in [1.29, 1.82) is 5.26 Å². The van der Waals surface area contributed by atoms with Crippen LogP contribution in [-0.4, -0.2) is 35.4 Å². The van der Waals surface area contributed by atoms with E-state index in [4.69, 9.17) is 10.00 Å². The van der Waals surface area contributed by atoms with Crippen molar-refractivity contribution in [2.24, 2.45) is 0 Å². The van der Waals surface area contributed by atoms with Crippen LogP contribution in [0.1, 0.15) is 70.8 Å². The van der Waals surface area contributed by atoms with Gasteiger partial charge >= 0.3 is 5.97 Å². The van der Waals surface area contributed by atoms with Gasteiger partial charge in [-0.05, 0) is 31.7 Å². The number of esters is 1. The third kappa shape index (κ3) is 6.22. The predicted octanol–water partition coefficient (Wildman–Crippen LogP) is 4.67. The van der Waals surface area contributed by atoms with Crippen LogP contribution in [0.3, 0.4) is 0 Å². The monoisotopic (exact) mass is 468 g/mol. The molecule has 34 heavy (non-hydrogen) atoms. The Balaban J connectivity index is 2.71. The molecular formula is C25H32N4O5. The summed E-state index contributed by atoms with van der Waals surface area (Å²) in [6, 6.07) is 7.99. The maximum atomic E-state index is 13.3. The van der Waals surface area contributed by atoms with E-state index in [0.717, 1.165) is 37.1 Å². The predicted molar refractivity (Wildman–Crippen MR) is 127 cm³/mol. The summed E-state index contributed by atoms with van der Waals surface area (Å²) in [6.45, 7) is 6.24. The summed E-state index contributed by atoms with van der Waals surface area (Å²) in [6.07, 6.45) is 4.86. The number of benzene rings is 1. The van der Waals surface area contributed by atoms with Crippen molar-refractivity contribution in [3.05, 3.63) is 62.6 Å². The van der Waals surface area contributed by atoms with Gasteiger partial charge in [-0.15, -0.1) is 0 Å². The van der Waals surface area contributed by atoms with Crippen molar-refractivity contribution >= 4 is 18.1 Å². The summed E-state index contributed by atoms with van der Waals surface area (Å²) in [5.41, 5.74) is 3.12. The van der Waals surface area contributed by atoms with Gasteiger partial charge in [0.2, 0.25) is 6.41 Å².